The van der Waals surface area contributed by atoms with Crippen molar-refractivity contribution in [1.29, 1.82) is 0 Å². The summed E-state index contributed by atoms with van der Waals surface area (Å²) in [5, 5.41) is 2.64. The number of amides is 3. The third kappa shape index (κ3) is 4.83. The van der Waals surface area contributed by atoms with E-state index in [0.717, 1.165) is 10.0 Å². The van der Waals surface area contributed by atoms with Crippen LogP contribution >= 0.6 is 15.9 Å². The summed E-state index contributed by atoms with van der Waals surface area (Å²) < 4.78 is 5.75. The molecule has 0 radical (unpaired) electrons. The highest BCUT2D eigenvalue weighted by Gasteiger charge is 2.28. The van der Waals surface area contributed by atoms with Crippen molar-refractivity contribution in [1.82, 2.24) is 4.90 Å². The average Bonchev–Trinajstić information content (AvgIpc) is 3.00. The summed E-state index contributed by atoms with van der Waals surface area (Å²) in [7, 11) is 0. The van der Waals surface area contributed by atoms with Crippen molar-refractivity contribution in [2.45, 2.75) is 19.4 Å². The van der Waals surface area contributed by atoms with E-state index in [9.17, 15) is 19.2 Å². The van der Waals surface area contributed by atoms with Gasteiger partial charge in [0.05, 0.1) is 17.8 Å². The Kier molecular flexibility index (Phi) is 6.20. The second-order valence-corrected chi connectivity index (χ2v) is 7.03. The van der Waals surface area contributed by atoms with E-state index in [2.05, 4.69) is 21.2 Å². The van der Waals surface area contributed by atoms with E-state index in [-0.39, 0.29) is 36.8 Å². The molecule has 1 heterocycles. The Morgan fingerprint density at radius 3 is 2.29 bits per heavy atom. The minimum Gasteiger partial charge on any atom is -0.452 e. The summed E-state index contributed by atoms with van der Waals surface area (Å²) in [6, 6.07) is 13.5. The van der Waals surface area contributed by atoms with Gasteiger partial charge in [0, 0.05) is 17.3 Å². The van der Waals surface area contributed by atoms with Gasteiger partial charge in [0.15, 0.2) is 6.61 Å². The molecule has 1 saturated heterocycles. The lowest BCUT2D eigenvalue weighted by Crippen LogP contribution is -2.28. The quantitative estimate of drug-likeness (QED) is 0.546. The lowest BCUT2D eigenvalue weighted by atomic mass is 10.1. The number of hydrogen-bond donors (Lipinski definition) is 1. The highest BCUT2D eigenvalue weighted by molar-refractivity contribution is 9.10. The lowest BCUT2D eigenvalue weighted by molar-refractivity contribution is -0.139. The van der Waals surface area contributed by atoms with Crippen LogP contribution in [0.5, 0.6) is 0 Å². The molecule has 2 aromatic rings. The summed E-state index contributed by atoms with van der Waals surface area (Å²) in [4.78, 5) is 48.5. The Bertz CT molecular complexity index is 910. The summed E-state index contributed by atoms with van der Waals surface area (Å²) in [5.74, 6) is -1.47. The molecular weight excluding hydrogens is 428 g/mol. The zero-order valence-electron chi connectivity index (χ0n) is 14.8. The van der Waals surface area contributed by atoms with Gasteiger partial charge in [-0.15, -0.1) is 0 Å². The monoisotopic (exact) mass is 444 g/mol. The van der Waals surface area contributed by atoms with Gasteiger partial charge in [-0.05, 0) is 45.8 Å². The van der Waals surface area contributed by atoms with Crippen molar-refractivity contribution in [2.75, 3.05) is 11.9 Å². The number of imide groups is 1. The maximum atomic E-state index is 12.1. The topological polar surface area (TPSA) is 92.8 Å². The van der Waals surface area contributed by atoms with Crippen molar-refractivity contribution < 1.29 is 23.9 Å². The van der Waals surface area contributed by atoms with Crippen LogP contribution in [0.2, 0.25) is 0 Å². The van der Waals surface area contributed by atoms with Crippen LogP contribution in [0.4, 0.5) is 5.69 Å². The molecule has 2 aromatic carbocycles. The van der Waals surface area contributed by atoms with Crippen molar-refractivity contribution >= 4 is 45.3 Å². The molecule has 0 unspecified atom stereocenters. The molecule has 3 amide bonds. The Morgan fingerprint density at radius 2 is 1.64 bits per heavy atom. The van der Waals surface area contributed by atoms with Crippen LogP contribution in [-0.4, -0.2) is 35.2 Å². The van der Waals surface area contributed by atoms with Gasteiger partial charge in [-0.1, -0.05) is 24.3 Å². The van der Waals surface area contributed by atoms with E-state index in [1.165, 1.54) is 17.0 Å². The first-order valence-corrected chi connectivity index (χ1v) is 9.37. The van der Waals surface area contributed by atoms with Crippen molar-refractivity contribution in [3.05, 3.63) is 64.1 Å². The minimum absolute atomic E-state index is 0.182. The number of hydrogen-bond acceptors (Lipinski definition) is 5. The Hall–Kier alpha value is -3.00. The van der Waals surface area contributed by atoms with E-state index in [4.69, 9.17) is 4.74 Å². The van der Waals surface area contributed by atoms with Crippen LogP contribution < -0.4 is 5.32 Å². The molecule has 0 aromatic heterocycles. The molecule has 3 rings (SSSR count). The number of nitrogens with zero attached hydrogens (tertiary/aromatic N) is 1. The zero-order chi connectivity index (χ0) is 20.1. The Labute approximate surface area is 169 Å². The molecule has 0 atom stereocenters. The molecule has 1 aliphatic rings. The van der Waals surface area contributed by atoms with Crippen LogP contribution in [0, 0.1) is 0 Å². The summed E-state index contributed by atoms with van der Waals surface area (Å²) in [6.45, 7) is -0.236. The van der Waals surface area contributed by atoms with Gasteiger partial charge in [-0.3, -0.25) is 19.3 Å². The van der Waals surface area contributed by atoms with Gasteiger partial charge in [0.2, 0.25) is 11.8 Å². The molecular formula is C20H17BrN2O5. The third-order valence-corrected chi connectivity index (χ3v) is 4.86. The second-order valence-electron chi connectivity index (χ2n) is 6.17. The lowest BCUT2D eigenvalue weighted by Gasteiger charge is -2.13. The first-order chi connectivity index (χ1) is 13.4. The molecule has 8 heteroatoms. The number of nitrogens with one attached hydrogen (secondary N) is 1. The normalized spacial score (nSPS) is 13.5. The molecule has 0 aliphatic carbocycles. The minimum atomic E-state index is -0.637. The third-order valence-electron chi connectivity index (χ3n) is 4.17. The first-order valence-electron chi connectivity index (χ1n) is 8.57. The Balaban J connectivity index is 1.52. The maximum Gasteiger partial charge on any atom is 0.338 e. The smallest absolute Gasteiger partial charge is 0.338 e. The predicted octanol–water partition coefficient (Wildman–Crippen LogP) is 2.89. The number of carbonyl (C=O) groups excluding carboxylic acids is 4. The highest BCUT2D eigenvalue weighted by Crippen LogP contribution is 2.21. The molecule has 28 heavy (non-hydrogen) atoms. The highest BCUT2D eigenvalue weighted by atomic mass is 79.9. The number of para-hydroxylation sites is 1. The number of likely N-dealkylation sites (tertiary alicyclic amines) is 1. The van der Waals surface area contributed by atoms with Gasteiger partial charge < -0.3 is 10.1 Å². The number of esters is 1. The van der Waals surface area contributed by atoms with Gasteiger partial charge in [-0.2, -0.15) is 0 Å². The van der Waals surface area contributed by atoms with E-state index >= 15 is 0 Å². The van der Waals surface area contributed by atoms with Crippen LogP contribution in [-0.2, 0) is 25.7 Å². The van der Waals surface area contributed by atoms with Gasteiger partial charge in [-0.25, -0.2) is 4.79 Å². The van der Waals surface area contributed by atoms with Gasteiger partial charge >= 0.3 is 5.97 Å². The number of benzene rings is 2. The summed E-state index contributed by atoms with van der Waals surface area (Å²) >= 11 is 3.32. The molecule has 1 N–H and O–H groups in total. The second kappa shape index (κ2) is 8.79. The van der Waals surface area contributed by atoms with E-state index in [0.29, 0.717) is 5.69 Å². The molecule has 1 fully saturated rings. The molecule has 144 valence electrons. The number of halogens is 1. The van der Waals surface area contributed by atoms with Crippen molar-refractivity contribution in [2.24, 2.45) is 0 Å². The maximum absolute atomic E-state index is 12.1. The molecule has 7 nitrogen and oxygen atoms in total. The standard InChI is InChI=1S/C20H17BrN2O5/c21-15-3-1-2-4-16(15)22-17(24)12-28-20(27)14-7-5-13(6-8-14)11-23-18(25)9-10-19(23)26/h1-8H,9-12H2,(H,22,24). The molecule has 0 bridgehead atoms. The van der Waals surface area contributed by atoms with Crippen LogP contribution in [0.1, 0.15) is 28.8 Å². The summed E-state index contributed by atoms with van der Waals surface area (Å²) in [6.07, 6.45) is 0.482. The van der Waals surface area contributed by atoms with Gasteiger partial charge in [0.1, 0.15) is 0 Å². The number of ether oxygens (including phenoxy) is 1. The number of rotatable bonds is 6. The predicted molar refractivity (Wildman–Crippen MR) is 104 cm³/mol. The Morgan fingerprint density at radius 1 is 1.00 bits per heavy atom. The van der Waals surface area contributed by atoms with Crippen LogP contribution in [0.15, 0.2) is 53.0 Å². The summed E-state index contributed by atoms with van der Waals surface area (Å²) in [5.41, 5.74) is 1.59. The van der Waals surface area contributed by atoms with Crippen molar-refractivity contribution in [3.63, 3.8) is 0 Å². The fourth-order valence-corrected chi connectivity index (χ4v) is 3.08. The van der Waals surface area contributed by atoms with E-state index in [1.54, 1.807) is 30.3 Å². The number of carbonyl (C=O) groups is 4. The van der Waals surface area contributed by atoms with Crippen LogP contribution in [0.25, 0.3) is 0 Å². The fraction of sp³-hybridized carbons (Fsp3) is 0.200. The largest absolute Gasteiger partial charge is 0.452 e. The SMILES string of the molecule is O=C(COC(=O)c1ccc(CN2C(=O)CCC2=O)cc1)Nc1ccccc1Br. The van der Waals surface area contributed by atoms with E-state index < -0.39 is 18.5 Å². The molecule has 1 aliphatic heterocycles. The van der Waals surface area contributed by atoms with E-state index in [1.807, 2.05) is 6.07 Å². The van der Waals surface area contributed by atoms with Crippen LogP contribution in [0.3, 0.4) is 0 Å². The fourth-order valence-electron chi connectivity index (χ4n) is 2.69. The zero-order valence-corrected chi connectivity index (χ0v) is 16.4. The molecule has 0 saturated carbocycles. The van der Waals surface area contributed by atoms with Crippen molar-refractivity contribution in [3.8, 4) is 0 Å². The van der Waals surface area contributed by atoms with Gasteiger partial charge in [0.25, 0.3) is 5.91 Å². The average molecular weight is 445 g/mol. The number of anilines is 1. The first kappa shape index (κ1) is 19.8. The molecule has 0 spiro atoms.